The van der Waals surface area contributed by atoms with Crippen LogP contribution in [-0.4, -0.2) is 38.4 Å². The Labute approximate surface area is 193 Å². The number of carbonyl (C=O) groups excluding carboxylic acids is 1. The van der Waals surface area contributed by atoms with Gasteiger partial charge in [-0.2, -0.15) is 0 Å². The highest BCUT2D eigenvalue weighted by Gasteiger charge is 2.38. The van der Waals surface area contributed by atoms with Crippen LogP contribution in [0.15, 0.2) is 58.9 Å². The second-order valence-electron chi connectivity index (χ2n) is 8.16. The van der Waals surface area contributed by atoms with Crippen LogP contribution in [0.4, 0.5) is 16.5 Å². The molecule has 0 saturated carbocycles. The molecule has 32 heavy (non-hydrogen) atoms. The standard InChI is InChI=1S/C23H24N4O3S2.H2/c1-16-4-9-20-17(15-16)3-2-12-27(20)21-10-13-26(22(21)28)18-5-7-19(8-6-18)32(29,30)25-23-24-11-14-31-23;/h4-9,11,14-15,21H,2-3,10,12-13H2,1H3,(H,24,25);1H/t21-;/m0./s1. The number of hydrogen-bond acceptors (Lipinski definition) is 6. The minimum absolute atomic E-state index is 0. The van der Waals surface area contributed by atoms with Gasteiger partial charge in [0, 0.05) is 37.5 Å². The highest BCUT2D eigenvalue weighted by Crippen LogP contribution is 2.34. The summed E-state index contributed by atoms with van der Waals surface area (Å²) in [5.41, 5.74) is 4.43. The SMILES string of the molecule is Cc1ccc2c(c1)CCCN2[C@H]1CCN(c2ccc(S(=O)(=O)Nc3nccs3)cc2)C1=O.[HH]. The molecule has 1 N–H and O–H groups in total. The van der Waals surface area contributed by atoms with Gasteiger partial charge in [0.2, 0.25) is 5.91 Å². The lowest BCUT2D eigenvalue weighted by atomic mass is 9.97. The summed E-state index contributed by atoms with van der Waals surface area (Å²) in [4.78, 5) is 21.4. The Balaban J connectivity index is 0.00000259. The summed E-state index contributed by atoms with van der Waals surface area (Å²) < 4.78 is 27.6. The molecule has 1 saturated heterocycles. The van der Waals surface area contributed by atoms with Gasteiger partial charge in [-0.25, -0.2) is 13.4 Å². The Morgan fingerprint density at radius 1 is 1.16 bits per heavy atom. The van der Waals surface area contributed by atoms with Gasteiger partial charge in [0.05, 0.1) is 4.90 Å². The van der Waals surface area contributed by atoms with Gasteiger partial charge >= 0.3 is 0 Å². The molecule has 5 rings (SSSR count). The maximum Gasteiger partial charge on any atom is 0.263 e. The molecule has 168 valence electrons. The van der Waals surface area contributed by atoms with Crippen molar-refractivity contribution in [1.82, 2.24) is 4.98 Å². The van der Waals surface area contributed by atoms with E-state index in [0.29, 0.717) is 17.4 Å². The molecule has 0 aliphatic carbocycles. The van der Waals surface area contributed by atoms with E-state index in [1.165, 1.54) is 34.6 Å². The molecule has 0 radical (unpaired) electrons. The summed E-state index contributed by atoms with van der Waals surface area (Å²) in [5.74, 6) is 0.0648. The third-order valence-corrected chi connectivity index (χ3v) is 8.23. The Kier molecular flexibility index (Phi) is 5.38. The number of sulfonamides is 1. The van der Waals surface area contributed by atoms with Crippen LogP contribution in [-0.2, 0) is 21.2 Å². The van der Waals surface area contributed by atoms with E-state index in [1.54, 1.807) is 28.6 Å². The van der Waals surface area contributed by atoms with Gasteiger partial charge in [0.1, 0.15) is 6.04 Å². The largest absolute Gasteiger partial charge is 0.359 e. The fraction of sp³-hybridized carbons (Fsp3) is 0.304. The molecule has 1 atom stereocenters. The normalized spacial score (nSPS) is 18.7. The summed E-state index contributed by atoms with van der Waals surface area (Å²) >= 11 is 1.22. The quantitative estimate of drug-likeness (QED) is 0.608. The number of amides is 1. The minimum Gasteiger partial charge on any atom is -0.359 e. The third-order valence-electron chi connectivity index (χ3n) is 6.06. The van der Waals surface area contributed by atoms with Gasteiger partial charge in [0.25, 0.3) is 10.0 Å². The summed E-state index contributed by atoms with van der Waals surface area (Å²) in [7, 11) is -3.72. The van der Waals surface area contributed by atoms with E-state index < -0.39 is 10.0 Å². The Bertz CT molecular complexity index is 1250. The average molecular weight is 471 g/mol. The molecule has 3 aromatic rings. The predicted octanol–water partition coefficient (Wildman–Crippen LogP) is 4.06. The first-order valence-electron chi connectivity index (χ1n) is 10.6. The van der Waals surface area contributed by atoms with Crippen molar-refractivity contribution in [1.29, 1.82) is 0 Å². The fourth-order valence-electron chi connectivity index (χ4n) is 4.54. The molecular weight excluding hydrogens is 444 g/mol. The highest BCUT2D eigenvalue weighted by molar-refractivity contribution is 7.93. The van der Waals surface area contributed by atoms with Crippen LogP contribution in [0.5, 0.6) is 0 Å². The lowest BCUT2D eigenvalue weighted by Gasteiger charge is -2.35. The Morgan fingerprint density at radius 3 is 2.72 bits per heavy atom. The zero-order valence-electron chi connectivity index (χ0n) is 17.7. The van der Waals surface area contributed by atoms with Gasteiger partial charge in [-0.15, -0.1) is 11.3 Å². The molecule has 0 spiro atoms. The maximum atomic E-state index is 13.3. The van der Waals surface area contributed by atoms with Crippen molar-refractivity contribution in [3.63, 3.8) is 0 Å². The summed E-state index contributed by atoms with van der Waals surface area (Å²) in [6, 6.07) is 12.7. The third kappa shape index (κ3) is 3.86. The van der Waals surface area contributed by atoms with Crippen LogP contribution in [0.3, 0.4) is 0 Å². The number of anilines is 3. The maximum absolute atomic E-state index is 13.3. The molecule has 1 aromatic heterocycles. The fourth-order valence-corrected chi connectivity index (χ4v) is 6.33. The van der Waals surface area contributed by atoms with Crippen molar-refractivity contribution in [2.24, 2.45) is 0 Å². The van der Waals surface area contributed by atoms with Crippen LogP contribution < -0.4 is 14.5 Å². The van der Waals surface area contributed by atoms with Crippen molar-refractivity contribution >= 4 is 43.8 Å². The number of thiazole rings is 1. The van der Waals surface area contributed by atoms with Gasteiger partial charge in [-0.1, -0.05) is 17.7 Å². The average Bonchev–Trinajstić information content (AvgIpc) is 3.42. The van der Waals surface area contributed by atoms with E-state index in [-0.39, 0.29) is 18.3 Å². The van der Waals surface area contributed by atoms with Crippen molar-refractivity contribution in [2.45, 2.75) is 37.1 Å². The van der Waals surface area contributed by atoms with E-state index in [2.05, 4.69) is 39.7 Å². The number of rotatable bonds is 5. The van der Waals surface area contributed by atoms with Crippen molar-refractivity contribution in [2.75, 3.05) is 27.6 Å². The molecule has 3 heterocycles. The number of hydrogen-bond donors (Lipinski definition) is 1. The second-order valence-corrected chi connectivity index (χ2v) is 10.7. The predicted molar refractivity (Wildman–Crippen MR) is 129 cm³/mol. The molecule has 0 unspecified atom stereocenters. The zero-order valence-corrected chi connectivity index (χ0v) is 19.3. The van der Waals surface area contributed by atoms with Crippen molar-refractivity contribution in [3.8, 4) is 0 Å². The van der Waals surface area contributed by atoms with Gasteiger partial charge in [-0.05, 0) is 62.1 Å². The van der Waals surface area contributed by atoms with E-state index in [4.69, 9.17) is 0 Å². The lowest BCUT2D eigenvalue weighted by molar-refractivity contribution is -0.118. The zero-order chi connectivity index (χ0) is 22.3. The second kappa shape index (κ2) is 8.22. The van der Waals surface area contributed by atoms with Crippen LogP contribution in [0, 0.1) is 6.92 Å². The Morgan fingerprint density at radius 2 is 1.97 bits per heavy atom. The number of aryl methyl sites for hydroxylation is 2. The Hall–Kier alpha value is -2.91. The number of aromatic nitrogens is 1. The molecule has 0 bridgehead atoms. The van der Waals surface area contributed by atoms with Crippen LogP contribution in [0.2, 0.25) is 0 Å². The van der Waals surface area contributed by atoms with Gasteiger partial charge in [0.15, 0.2) is 5.13 Å². The highest BCUT2D eigenvalue weighted by atomic mass is 32.2. The first kappa shape index (κ1) is 21.0. The summed E-state index contributed by atoms with van der Waals surface area (Å²) in [6.45, 7) is 3.59. The lowest BCUT2D eigenvalue weighted by Crippen LogP contribution is -2.44. The van der Waals surface area contributed by atoms with Crippen LogP contribution in [0.25, 0.3) is 0 Å². The molecule has 9 heteroatoms. The van der Waals surface area contributed by atoms with Gasteiger partial charge < -0.3 is 9.80 Å². The molecule has 2 aliphatic rings. The number of nitrogens with zero attached hydrogens (tertiary/aromatic N) is 3. The monoisotopic (exact) mass is 470 g/mol. The van der Waals surface area contributed by atoms with Gasteiger partial charge in [-0.3, -0.25) is 9.52 Å². The topological polar surface area (TPSA) is 82.6 Å². The number of benzene rings is 2. The molecule has 2 aliphatic heterocycles. The first-order chi connectivity index (χ1) is 15.4. The number of nitrogens with one attached hydrogen (secondary N) is 1. The summed E-state index contributed by atoms with van der Waals surface area (Å²) in [5, 5.41) is 2.03. The molecule has 1 amide bonds. The first-order valence-corrected chi connectivity index (χ1v) is 13.0. The van der Waals surface area contributed by atoms with Crippen molar-refractivity contribution in [3.05, 3.63) is 65.2 Å². The van der Waals surface area contributed by atoms with Crippen molar-refractivity contribution < 1.29 is 14.6 Å². The van der Waals surface area contributed by atoms with Crippen LogP contribution >= 0.6 is 11.3 Å². The van der Waals surface area contributed by atoms with Crippen LogP contribution in [0.1, 0.15) is 25.4 Å². The minimum atomic E-state index is -3.72. The van der Waals surface area contributed by atoms with E-state index in [1.807, 2.05) is 0 Å². The molecule has 1 fully saturated rings. The molecule has 2 aromatic carbocycles. The molecular formula is C23H26N4O3S2. The number of fused-ring (bicyclic) bond motifs is 1. The summed E-state index contributed by atoms with van der Waals surface area (Å²) in [6.07, 6.45) is 4.38. The van der Waals surface area contributed by atoms with E-state index in [0.717, 1.165) is 31.5 Å². The smallest absolute Gasteiger partial charge is 0.263 e. The van der Waals surface area contributed by atoms with E-state index >= 15 is 0 Å². The molecule has 7 nitrogen and oxygen atoms in total. The number of carbonyl (C=O) groups is 1. The van der Waals surface area contributed by atoms with E-state index in [9.17, 15) is 13.2 Å².